The maximum absolute atomic E-state index is 9.78. The fourth-order valence-corrected chi connectivity index (χ4v) is 39.9. The van der Waals surface area contributed by atoms with Crippen LogP contribution >= 0.6 is 0 Å². The van der Waals surface area contributed by atoms with Gasteiger partial charge in [0, 0.05) is 53.7 Å². The highest BCUT2D eigenvalue weighted by molar-refractivity contribution is 6.84. The molecule has 0 saturated heterocycles. The molecule has 12 N–H and O–H groups in total. The zero-order valence-electron chi connectivity index (χ0n) is 54.9. The van der Waals surface area contributed by atoms with Crippen LogP contribution in [0.3, 0.4) is 0 Å². The van der Waals surface area contributed by atoms with E-state index >= 15 is 0 Å². The molecule has 502 valence electrons. The molecule has 12 unspecified atom stereocenters. The predicted molar refractivity (Wildman–Crippen MR) is 345 cm³/mol. The first-order valence-corrected chi connectivity index (χ1v) is 53.1. The molecule has 0 aromatic carbocycles. The Labute approximate surface area is 510 Å². The summed E-state index contributed by atoms with van der Waals surface area (Å²) in [6.07, 6.45) is 2.74. The average molecular weight is 1340 g/mol. The Bertz CT molecular complexity index is 1560. The van der Waals surface area contributed by atoms with Gasteiger partial charge in [0.15, 0.2) is 33.3 Å². The molecular formula is C53H126O22Si8. The van der Waals surface area contributed by atoms with Gasteiger partial charge in [-0.15, -0.1) is 0 Å². The summed E-state index contributed by atoms with van der Waals surface area (Å²) in [5.74, 6) is 0.984. The third-order valence-corrected chi connectivity index (χ3v) is 40.9. The SMILES string of the molecule is CC[Si](CCC1CCC(O)C(O)C1)(OC)O[Si](C)(C)C.CO[Si](C)(CCC1CCC(O)C(O)C1)O[Si](C)(C)C.CO[Si](CC(O)CO)(CC(O)CO)O[Si](C)(C)C.CO[Si](CCCOCC(O)CO)(CCCOCC(O)CO)O[Si](C)(C)C. The minimum Gasteiger partial charge on any atom is -0.436 e. The Hall–Kier alpha value is 0.855. The van der Waals surface area contributed by atoms with Gasteiger partial charge >= 0.3 is 34.2 Å². The van der Waals surface area contributed by atoms with Gasteiger partial charge < -0.3 is 105 Å². The highest BCUT2D eigenvalue weighted by Gasteiger charge is 2.45. The minimum atomic E-state index is -2.83. The summed E-state index contributed by atoms with van der Waals surface area (Å²) >= 11 is 0. The number of hydrogen-bond acceptors (Lipinski definition) is 22. The molecule has 2 aliphatic rings. The molecule has 0 aromatic heterocycles. The van der Waals surface area contributed by atoms with Crippen LogP contribution in [0.5, 0.6) is 0 Å². The predicted octanol–water partition coefficient (Wildman–Crippen LogP) is 5.41. The van der Waals surface area contributed by atoms with Crippen molar-refractivity contribution < 1.29 is 105 Å². The summed E-state index contributed by atoms with van der Waals surface area (Å²) in [4.78, 5) is 0. The van der Waals surface area contributed by atoms with Crippen LogP contribution in [0.25, 0.3) is 0 Å². The van der Waals surface area contributed by atoms with E-state index in [1.165, 1.54) is 7.11 Å². The van der Waals surface area contributed by atoms with Crippen LogP contribution in [0, 0.1) is 11.8 Å². The van der Waals surface area contributed by atoms with E-state index in [4.69, 9.17) is 64.1 Å². The normalized spacial score (nSPS) is 24.4. The van der Waals surface area contributed by atoms with Crippen molar-refractivity contribution in [3.8, 4) is 0 Å². The van der Waals surface area contributed by atoms with Gasteiger partial charge in [-0.05, 0) is 191 Å². The van der Waals surface area contributed by atoms with Crippen molar-refractivity contribution in [3.05, 3.63) is 0 Å². The van der Waals surface area contributed by atoms with Crippen molar-refractivity contribution in [2.75, 3.05) is 81.3 Å². The molecule has 0 aromatic rings. The summed E-state index contributed by atoms with van der Waals surface area (Å²) in [6.45, 7) is 29.7. The lowest BCUT2D eigenvalue weighted by atomic mass is 9.84. The van der Waals surface area contributed by atoms with E-state index in [1.54, 1.807) is 21.3 Å². The molecule has 0 bridgehead atoms. The average Bonchev–Trinajstić information content (AvgIpc) is 3.58. The lowest BCUT2D eigenvalue weighted by Gasteiger charge is -2.37. The van der Waals surface area contributed by atoms with E-state index in [1.807, 2.05) is 19.6 Å². The van der Waals surface area contributed by atoms with E-state index in [0.29, 0.717) is 50.7 Å². The van der Waals surface area contributed by atoms with Crippen molar-refractivity contribution in [1.29, 1.82) is 0 Å². The largest absolute Gasteiger partial charge is 0.436 e. The van der Waals surface area contributed by atoms with Gasteiger partial charge in [0.1, 0.15) is 12.2 Å². The van der Waals surface area contributed by atoms with Crippen LogP contribution in [0.2, 0.25) is 127 Å². The summed E-state index contributed by atoms with van der Waals surface area (Å²) in [5, 5.41) is 112. The summed E-state index contributed by atoms with van der Waals surface area (Å²) < 4.78 is 58.8. The van der Waals surface area contributed by atoms with Gasteiger partial charge in [-0.2, -0.15) is 0 Å². The van der Waals surface area contributed by atoms with Crippen molar-refractivity contribution in [2.45, 2.75) is 247 Å². The molecule has 30 heteroatoms. The quantitative estimate of drug-likeness (QED) is 0.0270. The molecule has 2 aliphatic carbocycles. The number of ether oxygens (including phenoxy) is 2. The van der Waals surface area contributed by atoms with Gasteiger partial charge in [0.2, 0.25) is 0 Å². The molecular weight excluding hydrogens is 1210 g/mol. The molecule has 2 saturated carbocycles. The smallest absolute Gasteiger partial charge is 0.333 e. The van der Waals surface area contributed by atoms with Crippen molar-refractivity contribution in [2.24, 2.45) is 11.8 Å². The summed E-state index contributed by atoms with van der Waals surface area (Å²) in [7, 11) is -9.54. The molecule has 2 fully saturated rings. The Morgan fingerprint density at radius 3 is 1.04 bits per heavy atom. The first kappa shape index (κ1) is 85.9. The van der Waals surface area contributed by atoms with E-state index in [2.05, 4.69) is 72.4 Å². The van der Waals surface area contributed by atoms with E-state index in [9.17, 15) is 40.9 Å². The van der Waals surface area contributed by atoms with Crippen LogP contribution in [0.4, 0.5) is 0 Å². The van der Waals surface area contributed by atoms with Gasteiger partial charge in [-0.3, -0.25) is 0 Å². The maximum atomic E-state index is 9.78. The highest BCUT2D eigenvalue weighted by Crippen LogP contribution is 2.35. The van der Waals surface area contributed by atoms with Gasteiger partial charge in [-0.1, -0.05) is 6.92 Å². The first-order chi connectivity index (χ1) is 38.2. The van der Waals surface area contributed by atoms with Gasteiger partial charge in [0.05, 0.1) is 76.3 Å². The number of hydrogen-bond donors (Lipinski definition) is 12. The van der Waals surface area contributed by atoms with Gasteiger partial charge in [0.25, 0.3) is 0 Å². The third-order valence-electron chi connectivity index (χ3n) is 14.1. The molecule has 22 nitrogen and oxygen atoms in total. The molecule has 0 spiro atoms. The zero-order valence-corrected chi connectivity index (χ0v) is 62.9. The second-order valence-corrected chi connectivity index (χ2v) is 59.8. The monoisotopic (exact) mass is 1340 g/mol. The maximum Gasteiger partial charge on any atom is 0.333 e. The zero-order chi connectivity index (χ0) is 64.5. The van der Waals surface area contributed by atoms with Crippen molar-refractivity contribution in [1.82, 2.24) is 0 Å². The van der Waals surface area contributed by atoms with Crippen LogP contribution in [0.1, 0.15) is 71.1 Å². The fraction of sp³-hybridized carbons (Fsp3) is 1.00. The Morgan fingerprint density at radius 1 is 0.398 bits per heavy atom. The fourth-order valence-electron chi connectivity index (χ4n) is 10.1. The highest BCUT2D eigenvalue weighted by atomic mass is 28.5. The van der Waals surface area contributed by atoms with Gasteiger partial charge in [-0.25, -0.2) is 0 Å². The number of aliphatic hydroxyl groups is 12. The topological polar surface area (TPSA) is 335 Å². The Kier molecular flexibility index (Phi) is 44.3. The molecule has 83 heavy (non-hydrogen) atoms. The first-order valence-electron chi connectivity index (χ1n) is 30.3. The summed E-state index contributed by atoms with van der Waals surface area (Å²) in [5.41, 5.74) is 0. The van der Waals surface area contributed by atoms with E-state index < -0.39 is 116 Å². The Morgan fingerprint density at radius 2 is 0.735 bits per heavy atom. The van der Waals surface area contributed by atoms with Crippen LogP contribution < -0.4 is 0 Å². The molecule has 2 rings (SSSR count). The van der Waals surface area contributed by atoms with E-state index in [-0.39, 0.29) is 51.7 Å². The van der Waals surface area contributed by atoms with Crippen LogP contribution in [-0.4, -0.2) is 259 Å². The standard InChI is InChI=1S/C16H38O8Si2.C14H32O4Si2.C13H30O4Si2.C10H26O6Si2/c1-21-26(24-25(2,3)4,9-5-7-22-13-15(19)11-17)10-6-8-23-14-16(20)12-18;1-6-20(17-2,18-19(3,4)5)10-9-12-7-8-13(15)14(16)11-12;1-16-19(5,17-18(2,3)4)9-8-11-6-7-12(14)13(15)10-11;1-15-18(7-9(13)5-11,8-10(14)6-12)16-17(2,3)4/h15-20H,5-14H2,1-4H3;12-16H,6-11H2,1-5H3;11-15H,6-10H2,1-5H3;9-14H,5-8H2,1-4H3. The molecule has 12 atom stereocenters. The molecule has 0 heterocycles. The molecule has 0 aliphatic heterocycles. The van der Waals surface area contributed by atoms with Crippen LogP contribution in [-0.2, 0) is 43.6 Å². The third kappa shape index (κ3) is 41.8. The van der Waals surface area contributed by atoms with Crippen LogP contribution in [0.15, 0.2) is 0 Å². The molecule has 0 amide bonds. The van der Waals surface area contributed by atoms with E-state index in [0.717, 1.165) is 68.7 Å². The minimum absolute atomic E-state index is 0.119. The number of aliphatic hydroxyl groups excluding tert-OH is 12. The lowest BCUT2D eigenvalue weighted by molar-refractivity contribution is -0.0260. The second-order valence-electron chi connectivity index (χ2n) is 26.7. The number of rotatable bonds is 39. The second kappa shape index (κ2) is 42.8. The summed E-state index contributed by atoms with van der Waals surface area (Å²) in [6, 6.07) is 4.87. The van der Waals surface area contributed by atoms with Crippen molar-refractivity contribution >= 4 is 67.5 Å². The molecule has 0 radical (unpaired) electrons. The lowest BCUT2D eigenvalue weighted by Crippen LogP contribution is -2.53. The Balaban J connectivity index is 0. The van der Waals surface area contributed by atoms with Crippen molar-refractivity contribution in [3.63, 3.8) is 0 Å².